The largest absolute Gasteiger partial charge is 0.482 e. The van der Waals surface area contributed by atoms with E-state index in [-0.39, 0.29) is 18.0 Å². The fraction of sp³-hybridized carbons (Fsp3) is 0.0769. The smallest absolute Gasteiger partial charge is 0.311 e. The summed E-state index contributed by atoms with van der Waals surface area (Å²) in [5.41, 5.74) is 6.65. The third-order valence-corrected chi connectivity index (χ3v) is 2.46. The van der Waals surface area contributed by atoms with Gasteiger partial charge < -0.3 is 10.5 Å². The number of nitro groups is 1. The van der Waals surface area contributed by atoms with Crippen molar-refractivity contribution >= 4 is 11.4 Å². The summed E-state index contributed by atoms with van der Waals surface area (Å²) in [5, 5.41) is 10.8. The molecule has 2 rings (SSSR count). The zero-order valence-corrected chi connectivity index (χ0v) is 9.88. The molecule has 0 atom stereocenters. The van der Waals surface area contributed by atoms with E-state index < -0.39 is 10.7 Å². The number of nitrogen functional groups attached to an aromatic ring is 1. The molecule has 0 unspecified atom stereocenters. The summed E-state index contributed by atoms with van der Waals surface area (Å²) in [6.07, 6.45) is 0. The van der Waals surface area contributed by atoms with E-state index in [4.69, 9.17) is 10.5 Å². The van der Waals surface area contributed by atoms with E-state index in [0.29, 0.717) is 5.69 Å². The Labute approximate surface area is 108 Å². The van der Waals surface area contributed by atoms with Crippen molar-refractivity contribution in [2.75, 3.05) is 5.73 Å². The molecule has 0 saturated carbocycles. The minimum Gasteiger partial charge on any atom is -0.482 e. The molecule has 0 bridgehead atoms. The van der Waals surface area contributed by atoms with Crippen LogP contribution in [0.3, 0.4) is 0 Å². The van der Waals surface area contributed by atoms with Gasteiger partial charge in [-0.1, -0.05) is 12.1 Å². The van der Waals surface area contributed by atoms with E-state index in [0.717, 1.165) is 23.8 Å². The van der Waals surface area contributed by atoms with E-state index in [1.165, 1.54) is 0 Å². The van der Waals surface area contributed by atoms with Crippen LogP contribution in [-0.2, 0) is 6.61 Å². The molecule has 0 aliphatic heterocycles. The Morgan fingerprint density at radius 2 is 2.05 bits per heavy atom. The molecule has 19 heavy (non-hydrogen) atoms. The van der Waals surface area contributed by atoms with Crippen molar-refractivity contribution in [3.63, 3.8) is 0 Å². The van der Waals surface area contributed by atoms with E-state index >= 15 is 0 Å². The van der Waals surface area contributed by atoms with Crippen LogP contribution in [0.15, 0.2) is 42.5 Å². The molecule has 0 fully saturated rings. The minimum atomic E-state index is -0.617. The van der Waals surface area contributed by atoms with Gasteiger partial charge in [-0.05, 0) is 23.8 Å². The number of hydrogen-bond acceptors (Lipinski definition) is 4. The van der Waals surface area contributed by atoms with Crippen LogP contribution in [0, 0.1) is 15.9 Å². The van der Waals surface area contributed by atoms with Gasteiger partial charge in [0, 0.05) is 17.8 Å². The summed E-state index contributed by atoms with van der Waals surface area (Å²) in [6, 6.07) is 9.99. The molecule has 2 aromatic carbocycles. The Morgan fingerprint density at radius 1 is 1.26 bits per heavy atom. The highest BCUT2D eigenvalue weighted by Gasteiger charge is 2.15. The summed E-state index contributed by atoms with van der Waals surface area (Å²) in [4.78, 5) is 10.2. The standard InChI is InChI=1S/C13H11FN2O3/c14-10-4-5-12(16(17)18)13(7-10)19-8-9-2-1-3-11(15)6-9/h1-7H,8,15H2. The first kappa shape index (κ1) is 12.8. The molecular formula is C13H11FN2O3. The number of nitrogens with zero attached hydrogens (tertiary/aromatic N) is 1. The van der Waals surface area contributed by atoms with Gasteiger partial charge in [0.1, 0.15) is 12.4 Å². The third-order valence-electron chi connectivity index (χ3n) is 2.46. The molecule has 0 radical (unpaired) electrons. The topological polar surface area (TPSA) is 78.4 Å². The Balaban J connectivity index is 2.19. The molecule has 0 aliphatic carbocycles. The van der Waals surface area contributed by atoms with Crippen LogP contribution in [0.1, 0.15) is 5.56 Å². The van der Waals surface area contributed by atoms with Crippen molar-refractivity contribution < 1.29 is 14.1 Å². The van der Waals surface area contributed by atoms with E-state index in [1.807, 2.05) is 0 Å². The van der Waals surface area contributed by atoms with Crippen LogP contribution in [0.2, 0.25) is 0 Å². The number of rotatable bonds is 4. The molecule has 0 amide bonds. The van der Waals surface area contributed by atoms with Crippen molar-refractivity contribution in [3.8, 4) is 5.75 Å². The molecule has 0 aromatic heterocycles. The van der Waals surface area contributed by atoms with Crippen molar-refractivity contribution in [2.24, 2.45) is 0 Å². The summed E-state index contributed by atoms with van der Waals surface area (Å²) in [5.74, 6) is -0.694. The number of anilines is 1. The van der Waals surface area contributed by atoms with Gasteiger partial charge in [0.25, 0.3) is 0 Å². The second-order valence-corrected chi connectivity index (χ2v) is 3.90. The predicted octanol–water partition coefficient (Wildman–Crippen LogP) is 2.90. The molecule has 6 heteroatoms. The molecule has 0 aliphatic rings. The first-order valence-electron chi connectivity index (χ1n) is 5.47. The first-order chi connectivity index (χ1) is 9.06. The molecule has 2 aromatic rings. The lowest BCUT2D eigenvalue weighted by Crippen LogP contribution is -2.00. The van der Waals surface area contributed by atoms with Gasteiger partial charge in [0.15, 0.2) is 5.75 Å². The van der Waals surface area contributed by atoms with E-state index in [9.17, 15) is 14.5 Å². The maximum Gasteiger partial charge on any atom is 0.311 e. The highest BCUT2D eigenvalue weighted by atomic mass is 19.1. The maximum absolute atomic E-state index is 13.1. The quantitative estimate of drug-likeness (QED) is 0.522. The summed E-state index contributed by atoms with van der Waals surface area (Å²) in [7, 11) is 0. The van der Waals surface area contributed by atoms with Gasteiger partial charge in [-0.25, -0.2) is 4.39 Å². The highest BCUT2D eigenvalue weighted by molar-refractivity contribution is 5.46. The van der Waals surface area contributed by atoms with Crippen molar-refractivity contribution in [3.05, 3.63) is 64.0 Å². The number of benzene rings is 2. The van der Waals surface area contributed by atoms with Crippen LogP contribution >= 0.6 is 0 Å². The average Bonchev–Trinajstić information content (AvgIpc) is 2.36. The molecule has 0 saturated heterocycles. The first-order valence-corrected chi connectivity index (χ1v) is 5.47. The lowest BCUT2D eigenvalue weighted by molar-refractivity contribution is -0.386. The second kappa shape index (κ2) is 5.34. The zero-order chi connectivity index (χ0) is 13.8. The molecule has 2 N–H and O–H groups in total. The van der Waals surface area contributed by atoms with Crippen LogP contribution in [0.5, 0.6) is 5.75 Å². The molecule has 0 spiro atoms. The van der Waals surface area contributed by atoms with E-state index in [2.05, 4.69) is 0 Å². The molecule has 5 nitrogen and oxygen atoms in total. The third kappa shape index (κ3) is 3.19. The van der Waals surface area contributed by atoms with Crippen LogP contribution in [0.4, 0.5) is 15.8 Å². The fourth-order valence-corrected chi connectivity index (χ4v) is 1.60. The highest BCUT2D eigenvalue weighted by Crippen LogP contribution is 2.28. The van der Waals surface area contributed by atoms with Crippen molar-refractivity contribution in [1.82, 2.24) is 0 Å². The maximum atomic E-state index is 13.1. The van der Waals surface area contributed by atoms with Crippen molar-refractivity contribution in [1.29, 1.82) is 0 Å². The Bertz CT molecular complexity index is 617. The summed E-state index contributed by atoms with van der Waals surface area (Å²) in [6.45, 7) is 0.0787. The monoisotopic (exact) mass is 262 g/mol. The number of nitro benzene ring substituents is 1. The lowest BCUT2D eigenvalue weighted by Gasteiger charge is -2.07. The fourth-order valence-electron chi connectivity index (χ4n) is 1.60. The van der Waals surface area contributed by atoms with Gasteiger partial charge >= 0.3 is 5.69 Å². The minimum absolute atomic E-state index is 0.0787. The summed E-state index contributed by atoms with van der Waals surface area (Å²) >= 11 is 0. The molecule has 0 heterocycles. The van der Waals surface area contributed by atoms with Crippen LogP contribution < -0.4 is 10.5 Å². The normalized spacial score (nSPS) is 10.2. The number of nitrogens with two attached hydrogens (primary N) is 1. The van der Waals surface area contributed by atoms with Gasteiger partial charge in [-0.2, -0.15) is 0 Å². The van der Waals surface area contributed by atoms with Crippen LogP contribution in [0.25, 0.3) is 0 Å². The zero-order valence-electron chi connectivity index (χ0n) is 9.88. The van der Waals surface area contributed by atoms with E-state index in [1.54, 1.807) is 24.3 Å². The molecular weight excluding hydrogens is 251 g/mol. The number of ether oxygens (including phenoxy) is 1. The average molecular weight is 262 g/mol. The van der Waals surface area contributed by atoms with Crippen molar-refractivity contribution in [2.45, 2.75) is 6.61 Å². The Kier molecular flexibility index (Phi) is 3.61. The van der Waals surface area contributed by atoms with Gasteiger partial charge in [0.2, 0.25) is 0 Å². The Hall–Kier alpha value is -2.63. The summed E-state index contributed by atoms with van der Waals surface area (Å²) < 4.78 is 18.4. The SMILES string of the molecule is Nc1cccc(COc2cc(F)ccc2[N+](=O)[O-])c1. The van der Waals surface area contributed by atoms with Gasteiger partial charge in [0.05, 0.1) is 4.92 Å². The predicted molar refractivity (Wildman–Crippen MR) is 68.2 cm³/mol. The van der Waals surface area contributed by atoms with Gasteiger partial charge in [-0.3, -0.25) is 10.1 Å². The second-order valence-electron chi connectivity index (χ2n) is 3.90. The van der Waals surface area contributed by atoms with Crippen LogP contribution in [-0.4, -0.2) is 4.92 Å². The molecule has 98 valence electrons. The Morgan fingerprint density at radius 3 is 2.74 bits per heavy atom. The number of hydrogen-bond donors (Lipinski definition) is 1. The number of halogens is 1. The lowest BCUT2D eigenvalue weighted by atomic mass is 10.2. The van der Waals surface area contributed by atoms with Gasteiger partial charge in [-0.15, -0.1) is 0 Å².